The van der Waals surface area contributed by atoms with Gasteiger partial charge in [0.1, 0.15) is 5.76 Å². The van der Waals surface area contributed by atoms with Crippen LogP contribution in [0.25, 0.3) is 0 Å². The highest BCUT2D eigenvalue weighted by Gasteiger charge is 2.40. The molecule has 0 amide bonds. The minimum absolute atomic E-state index is 0.224. The van der Waals surface area contributed by atoms with Gasteiger partial charge in [-0.15, -0.1) is 0 Å². The van der Waals surface area contributed by atoms with Crippen LogP contribution in [0.15, 0.2) is 24.0 Å². The van der Waals surface area contributed by atoms with E-state index in [0.717, 1.165) is 6.42 Å². The molecule has 0 aromatic carbocycles. The van der Waals surface area contributed by atoms with Crippen molar-refractivity contribution in [3.63, 3.8) is 0 Å². The van der Waals surface area contributed by atoms with Gasteiger partial charge >= 0.3 is 7.82 Å². The standard InChI is InChI=1S/C7H7Cl2O4P/c8-12-14(10,13-9)11-7-4-5-2-1-3-6(5)7/h1-2,4-6H,3H2. The summed E-state index contributed by atoms with van der Waals surface area (Å²) in [6.07, 6.45) is 6.79. The van der Waals surface area contributed by atoms with Crippen LogP contribution in [0.2, 0.25) is 0 Å². The van der Waals surface area contributed by atoms with Gasteiger partial charge in [0, 0.05) is 11.8 Å². The molecule has 78 valence electrons. The van der Waals surface area contributed by atoms with Crippen LogP contribution >= 0.6 is 31.6 Å². The molecule has 0 spiro atoms. The lowest BCUT2D eigenvalue weighted by Crippen LogP contribution is -2.21. The predicted molar refractivity (Wildman–Crippen MR) is 51.4 cm³/mol. The number of hydrogen-bond acceptors (Lipinski definition) is 4. The first-order chi connectivity index (χ1) is 6.68. The molecule has 0 bridgehead atoms. The molecule has 0 saturated carbocycles. The molecule has 0 aliphatic heterocycles. The highest BCUT2D eigenvalue weighted by Crippen LogP contribution is 2.57. The van der Waals surface area contributed by atoms with Crippen molar-refractivity contribution in [1.82, 2.24) is 0 Å². The molecule has 0 aromatic rings. The Morgan fingerprint density at radius 3 is 2.71 bits per heavy atom. The zero-order valence-corrected chi connectivity index (χ0v) is 9.34. The van der Waals surface area contributed by atoms with Crippen molar-refractivity contribution < 1.29 is 17.2 Å². The van der Waals surface area contributed by atoms with Crippen molar-refractivity contribution in [3.05, 3.63) is 24.0 Å². The molecule has 0 fully saturated rings. The molecule has 2 rings (SSSR count). The minimum Gasteiger partial charge on any atom is -0.407 e. The lowest BCUT2D eigenvalue weighted by Gasteiger charge is -2.30. The topological polar surface area (TPSA) is 44.8 Å². The summed E-state index contributed by atoms with van der Waals surface area (Å²) in [5, 5.41) is 0. The summed E-state index contributed by atoms with van der Waals surface area (Å²) < 4.78 is 24.4. The van der Waals surface area contributed by atoms with Gasteiger partial charge in [0.05, 0.1) is 23.7 Å². The molecule has 2 atom stereocenters. The van der Waals surface area contributed by atoms with Gasteiger partial charge in [0.15, 0.2) is 0 Å². The predicted octanol–water partition coefficient (Wildman–Crippen LogP) is 3.54. The van der Waals surface area contributed by atoms with E-state index in [9.17, 15) is 4.57 Å². The van der Waals surface area contributed by atoms with E-state index in [-0.39, 0.29) is 5.92 Å². The summed E-state index contributed by atoms with van der Waals surface area (Å²) in [5.74, 6) is 1.15. The summed E-state index contributed by atoms with van der Waals surface area (Å²) in [6.45, 7) is 0. The molecule has 14 heavy (non-hydrogen) atoms. The van der Waals surface area contributed by atoms with Crippen molar-refractivity contribution in [2.45, 2.75) is 6.42 Å². The van der Waals surface area contributed by atoms with Crippen LogP contribution in [0.5, 0.6) is 0 Å². The number of phosphoric acid groups is 1. The molecule has 2 unspecified atom stereocenters. The van der Waals surface area contributed by atoms with E-state index in [2.05, 4.69) is 14.2 Å². The molecule has 7 heteroatoms. The van der Waals surface area contributed by atoms with Crippen molar-refractivity contribution in [1.29, 1.82) is 0 Å². The van der Waals surface area contributed by atoms with E-state index in [0.29, 0.717) is 11.7 Å². The summed E-state index contributed by atoms with van der Waals surface area (Å²) >= 11 is 9.87. The number of rotatable bonds is 4. The Labute approximate surface area is 91.4 Å². The molecule has 2 aliphatic carbocycles. The number of allylic oxidation sites excluding steroid dienone is 4. The zero-order chi connectivity index (χ0) is 10.2. The van der Waals surface area contributed by atoms with Gasteiger partial charge in [-0.05, 0) is 12.5 Å². The second kappa shape index (κ2) is 3.87. The minimum atomic E-state index is -3.82. The Morgan fingerprint density at radius 1 is 1.43 bits per heavy atom. The molecule has 0 heterocycles. The van der Waals surface area contributed by atoms with Crippen LogP contribution in [0, 0.1) is 11.8 Å². The largest absolute Gasteiger partial charge is 0.563 e. The van der Waals surface area contributed by atoms with Gasteiger partial charge in [-0.1, -0.05) is 12.2 Å². The fraction of sp³-hybridized carbons (Fsp3) is 0.429. The molecular formula is C7H7Cl2O4P. The lowest BCUT2D eigenvalue weighted by molar-refractivity contribution is 0.218. The molecule has 0 aromatic heterocycles. The van der Waals surface area contributed by atoms with E-state index < -0.39 is 7.82 Å². The third-order valence-corrected chi connectivity index (χ3v) is 4.11. The SMILES string of the molecule is O=P(OCl)(OCl)OC1=CC2C=CCC12. The lowest BCUT2D eigenvalue weighted by atomic mass is 9.83. The Kier molecular flexibility index (Phi) is 2.91. The summed E-state index contributed by atoms with van der Waals surface area (Å²) in [6, 6.07) is 0. The molecule has 0 N–H and O–H groups in total. The van der Waals surface area contributed by atoms with E-state index in [1.54, 1.807) is 0 Å². The molecule has 4 nitrogen and oxygen atoms in total. The monoisotopic (exact) mass is 256 g/mol. The fourth-order valence-electron chi connectivity index (χ4n) is 1.61. The van der Waals surface area contributed by atoms with E-state index in [4.69, 9.17) is 28.3 Å². The third-order valence-electron chi connectivity index (χ3n) is 2.32. The van der Waals surface area contributed by atoms with Crippen molar-refractivity contribution >= 4 is 31.6 Å². The molecular weight excluding hydrogens is 250 g/mol. The second-order valence-corrected chi connectivity index (χ2v) is 5.27. The van der Waals surface area contributed by atoms with Gasteiger partial charge in [0.25, 0.3) is 0 Å². The van der Waals surface area contributed by atoms with Crippen LogP contribution in [-0.2, 0) is 17.2 Å². The van der Waals surface area contributed by atoms with Gasteiger partial charge < -0.3 is 4.52 Å². The maximum absolute atomic E-state index is 11.4. The van der Waals surface area contributed by atoms with Crippen LogP contribution in [0.3, 0.4) is 0 Å². The molecule has 0 saturated heterocycles. The van der Waals surface area contributed by atoms with Crippen LogP contribution < -0.4 is 0 Å². The van der Waals surface area contributed by atoms with Gasteiger partial charge in [-0.2, -0.15) is 8.15 Å². The first-order valence-corrected chi connectivity index (χ1v) is 6.05. The Hall–Kier alpha value is 0.0100. The maximum Gasteiger partial charge on any atom is 0.563 e. The normalized spacial score (nSPS) is 29.4. The average molecular weight is 257 g/mol. The smallest absolute Gasteiger partial charge is 0.407 e. The van der Waals surface area contributed by atoms with Gasteiger partial charge in [-0.3, -0.25) is 0 Å². The second-order valence-electron chi connectivity index (χ2n) is 3.09. The average Bonchev–Trinajstić information content (AvgIpc) is 2.56. The number of fused-ring (bicyclic) bond motifs is 1. The highest BCUT2D eigenvalue weighted by atomic mass is 35.5. The van der Waals surface area contributed by atoms with Crippen molar-refractivity contribution in [3.8, 4) is 0 Å². The summed E-state index contributed by atoms with van der Waals surface area (Å²) in [5.41, 5.74) is 0. The van der Waals surface area contributed by atoms with Crippen molar-refractivity contribution in [2.24, 2.45) is 11.8 Å². The van der Waals surface area contributed by atoms with E-state index in [1.807, 2.05) is 12.2 Å². The summed E-state index contributed by atoms with van der Waals surface area (Å²) in [4.78, 5) is 0. The zero-order valence-electron chi connectivity index (χ0n) is 6.93. The van der Waals surface area contributed by atoms with Gasteiger partial charge in [0.2, 0.25) is 0 Å². The molecule has 0 radical (unpaired) electrons. The van der Waals surface area contributed by atoms with Crippen LogP contribution in [0.4, 0.5) is 0 Å². The Balaban J connectivity index is 2.00. The van der Waals surface area contributed by atoms with E-state index >= 15 is 0 Å². The fourth-order valence-corrected chi connectivity index (χ4v) is 2.57. The van der Waals surface area contributed by atoms with Crippen LogP contribution in [0.1, 0.15) is 6.42 Å². The quantitative estimate of drug-likeness (QED) is 0.570. The highest BCUT2D eigenvalue weighted by molar-refractivity contribution is 7.50. The number of hydrogen-bond donors (Lipinski definition) is 0. The van der Waals surface area contributed by atoms with Gasteiger partial charge in [-0.25, -0.2) is 4.57 Å². The van der Waals surface area contributed by atoms with Crippen LogP contribution in [-0.4, -0.2) is 0 Å². The first-order valence-electron chi connectivity index (χ1n) is 3.97. The summed E-state index contributed by atoms with van der Waals surface area (Å²) in [7, 11) is -3.82. The maximum atomic E-state index is 11.4. The Morgan fingerprint density at radius 2 is 2.14 bits per heavy atom. The third kappa shape index (κ3) is 1.73. The Bertz CT molecular complexity index is 333. The number of halogens is 2. The first kappa shape index (κ1) is 10.5. The van der Waals surface area contributed by atoms with Crippen molar-refractivity contribution in [2.75, 3.05) is 0 Å². The molecule has 2 aliphatic rings. The van der Waals surface area contributed by atoms with E-state index in [1.165, 1.54) is 0 Å².